The molecule has 0 atom stereocenters. The first-order valence-electron chi connectivity index (χ1n) is 7.14. The van der Waals surface area contributed by atoms with E-state index >= 15 is 0 Å². The van der Waals surface area contributed by atoms with Crippen LogP contribution in [0, 0.1) is 13.8 Å². The summed E-state index contributed by atoms with van der Waals surface area (Å²) in [5, 5.41) is 5.14. The van der Waals surface area contributed by atoms with E-state index in [4.69, 9.17) is 11.6 Å². The smallest absolute Gasteiger partial charge is 0.376 e. The molecule has 2 N–H and O–H groups in total. The van der Waals surface area contributed by atoms with Crippen LogP contribution in [-0.2, 0) is 11.0 Å². The van der Waals surface area contributed by atoms with Gasteiger partial charge in [-0.15, -0.1) is 0 Å². The van der Waals surface area contributed by atoms with Gasteiger partial charge in [-0.05, 0) is 55.3 Å². The summed E-state index contributed by atoms with van der Waals surface area (Å²) >= 11 is 5.62. The summed E-state index contributed by atoms with van der Waals surface area (Å²) in [4.78, 5) is 12.0. The van der Waals surface area contributed by atoms with Crippen molar-refractivity contribution in [2.24, 2.45) is 0 Å². The lowest BCUT2D eigenvalue weighted by atomic mass is 10.1. The summed E-state index contributed by atoms with van der Waals surface area (Å²) < 4.78 is 39.0. The number of hydrogen-bond acceptors (Lipinski definition) is 2. The average molecular weight is 357 g/mol. The lowest BCUT2D eigenvalue weighted by Crippen LogP contribution is -2.23. The zero-order valence-electron chi connectivity index (χ0n) is 13.1. The molecule has 1 amide bonds. The molecule has 0 radical (unpaired) electrons. The van der Waals surface area contributed by atoms with Gasteiger partial charge in [-0.3, -0.25) is 4.79 Å². The lowest BCUT2D eigenvalue weighted by Gasteiger charge is -2.15. The van der Waals surface area contributed by atoms with Gasteiger partial charge in [0.2, 0.25) is 5.91 Å². The summed E-state index contributed by atoms with van der Waals surface area (Å²) in [5.41, 5.74) is 1.47. The predicted molar refractivity (Wildman–Crippen MR) is 89.5 cm³/mol. The Labute approximate surface area is 142 Å². The Morgan fingerprint density at radius 2 is 1.71 bits per heavy atom. The van der Waals surface area contributed by atoms with E-state index < -0.39 is 17.6 Å². The Bertz CT molecular complexity index is 740. The van der Waals surface area contributed by atoms with Crippen molar-refractivity contribution in [2.45, 2.75) is 20.0 Å². The van der Waals surface area contributed by atoms with Crippen molar-refractivity contribution < 1.29 is 18.0 Å². The summed E-state index contributed by atoms with van der Waals surface area (Å²) in [6, 6.07) is 8.89. The molecule has 3 nitrogen and oxygen atoms in total. The van der Waals surface area contributed by atoms with Crippen molar-refractivity contribution in [3.63, 3.8) is 0 Å². The summed E-state index contributed by atoms with van der Waals surface area (Å²) in [5.74, 6) is -0.442. The molecule has 0 aliphatic rings. The summed E-state index contributed by atoms with van der Waals surface area (Å²) in [6.07, 6.45) is -4.56. The van der Waals surface area contributed by atoms with Crippen LogP contribution < -0.4 is 10.6 Å². The highest BCUT2D eigenvalue weighted by Crippen LogP contribution is 2.36. The number of carbonyl (C=O) groups excluding carboxylic acids is 1. The number of aryl methyl sites for hydroxylation is 2. The molecule has 0 aliphatic heterocycles. The van der Waals surface area contributed by atoms with E-state index in [1.165, 1.54) is 12.1 Å². The van der Waals surface area contributed by atoms with Gasteiger partial charge in [0.05, 0.1) is 12.1 Å². The number of benzene rings is 2. The number of hydrogen-bond donors (Lipinski definition) is 2. The van der Waals surface area contributed by atoms with Gasteiger partial charge in [-0.1, -0.05) is 17.7 Å². The van der Waals surface area contributed by atoms with Crippen molar-refractivity contribution in [3.8, 4) is 0 Å². The third kappa shape index (κ3) is 4.89. The maximum absolute atomic E-state index is 13.0. The molecule has 0 saturated carbocycles. The second-order valence-electron chi connectivity index (χ2n) is 5.47. The van der Waals surface area contributed by atoms with E-state index in [0.717, 1.165) is 17.2 Å². The number of anilines is 2. The van der Waals surface area contributed by atoms with Crippen LogP contribution in [0.15, 0.2) is 36.4 Å². The molecule has 0 fully saturated rings. The van der Waals surface area contributed by atoms with E-state index in [1.54, 1.807) is 12.1 Å². The molecule has 2 aromatic carbocycles. The Kier molecular flexibility index (Phi) is 5.39. The molecule has 24 heavy (non-hydrogen) atoms. The van der Waals surface area contributed by atoms with E-state index in [1.807, 2.05) is 19.9 Å². The normalized spacial score (nSPS) is 11.2. The van der Waals surface area contributed by atoms with Crippen molar-refractivity contribution in [2.75, 3.05) is 17.2 Å². The molecule has 0 heterocycles. The molecular formula is C17H16ClF3N2O. The van der Waals surface area contributed by atoms with Crippen LogP contribution in [0.4, 0.5) is 24.5 Å². The Morgan fingerprint density at radius 3 is 2.29 bits per heavy atom. The third-order valence-corrected chi connectivity index (χ3v) is 3.47. The zero-order valence-corrected chi connectivity index (χ0v) is 13.8. The first-order chi connectivity index (χ1) is 11.1. The van der Waals surface area contributed by atoms with E-state index in [0.29, 0.717) is 5.69 Å². The van der Waals surface area contributed by atoms with Gasteiger partial charge >= 0.3 is 6.18 Å². The number of rotatable bonds is 4. The third-order valence-electron chi connectivity index (χ3n) is 3.23. The fraction of sp³-hybridized carbons (Fsp3) is 0.235. The molecule has 128 valence electrons. The summed E-state index contributed by atoms with van der Waals surface area (Å²) in [7, 11) is 0. The number of amides is 1. The topological polar surface area (TPSA) is 41.1 Å². The van der Waals surface area contributed by atoms with Crippen LogP contribution >= 0.6 is 11.6 Å². The van der Waals surface area contributed by atoms with Crippen LogP contribution in [0.3, 0.4) is 0 Å². The number of alkyl halides is 3. The molecule has 0 bridgehead atoms. The molecule has 0 unspecified atom stereocenters. The van der Waals surface area contributed by atoms with Crippen molar-refractivity contribution in [1.29, 1.82) is 0 Å². The van der Waals surface area contributed by atoms with Crippen molar-refractivity contribution in [1.82, 2.24) is 0 Å². The fourth-order valence-corrected chi connectivity index (χ4v) is 2.50. The Hall–Kier alpha value is -2.21. The highest BCUT2D eigenvalue weighted by Gasteiger charge is 2.33. The van der Waals surface area contributed by atoms with Crippen molar-refractivity contribution >= 4 is 28.9 Å². The SMILES string of the molecule is Cc1cc(C)cc(NC(=O)CNc2ccc(Cl)cc2C(F)(F)F)c1. The van der Waals surface area contributed by atoms with Gasteiger partial charge in [0.15, 0.2) is 0 Å². The van der Waals surface area contributed by atoms with Crippen LogP contribution in [0.25, 0.3) is 0 Å². The Morgan fingerprint density at radius 1 is 1.08 bits per heavy atom. The minimum atomic E-state index is -4.56. The Balaban J connectivity index is 2.07. The van der Waals surface area contributed by atoms with Gasteiger partial charge in [-0.2, -0.15) is 13.2 Å². The van der Waals surface area contributed by atoms with Gasteiger partial charge in [0.25, 0.3) is 0 Å². The van der Waals surface area contributed by atoms with Gasteiger partial charge in [-0.25, -0.2) is 0 Å². The van der Waals surface area contributed by atoms with Gasteiger partial charge in [0, 0.05) is 16.4 Å². The van der Waals surface area contributed by atoms with Crippen LogP contribution in [0.2, 0.25) is 5.02 Å². The van der Waals surface area contributed by atoms with Crippen LogP contribution in [-0.4, -0.2) is 12.5 Å². The quantitative estimate of drug-likeness (QED) is 0.807. The summed E-state index contributed by atoms with van der Waals surface area (Å²) in [6.45, 7) is 3.49. The first-order valence-corrected chi connectivity index (χ1v) is 7.52. The molecular weight excluding hydrogens is 341 g/mol. The maximum atomic E-state index is 13.0. The number of halogens is 4. The molecule has 2 rings (SSSR count). The minimum Gasteiger partial charge on any atom is -0.376 e. The predicted octanol–water partition coefficient (Wildman–Crippen LogP) is 5.03. The molecule has 2 aromatic rings. The maximum Gasteiger partial charge on any atom is 0.418 e. The molecule has 0 spiro atoms. The molecule has 7 heteroatoms. The van der Waals surface area contributed by atoms with Gasteiger partial charge < -0.3 is 10.6 Å². The van der Waals surface area contributed by atoms with Crippen molar-refractivity contribution in [3.05, 3.63) is 58.1 Å². The van der Waals surface area contributed by atoms with Gasteiger partial charge in [0.1, 0.15) is 0 Å². The standard InChI is InChI=1S/C17H16ClF3N2O/c1-10-5-11(2)7-13(6-10)23-16(24)9-22-15-4-3-12(18)8-14(15)17(19,20)21/h3-8,22H,9H2,1-2H3,(H,23,24). The lowest BCUT2D eigenvalue weighted by molar-refractivity contribution is -0.137. The van der Waals surface area contributed by atoms with E-state index in [2.05, 4.69) is 10.6 Å². The highest BCUT2D eigenvalue weighted by molar-refractivity contribution is 6.30. The minimum absolute atomic E-state index is 0.0208. The second kappa shape index (κ2) is 7.13. The largest absolute Gasteiger partial charge is 0.418 e. The fourth-order valence-electron chi connectivity index (χ4n) is 2.33. The second-order valence-corrected chi connectivity index (χ2v) is 5.90. The first kappa shape index (κ1) is 18.1. The highest BCUT2D eigenvalue weighted by atomic mass is 35.5. The monoisotopic (exact) mass is 356 g/mol. The van der Waals surface area contributed by atoms with E-state index in [9.17, 15) is 18.0 Å². The number of nitrogens with one attached hydrogen (secondary N) is 2. The molecule has 0 aliphatic carbocycles. The van der Waals surface area contributed by atoms with Crippen LogP contribution in [0.1, 0.15) is 16.7 Å². The number of carbonyl (C=O) groups is 1. The molecule has 0 saturated heterocycles. The van der Waals surface area contributed by atoms with E-state index in [-0.39, 0.29) is 17.3 Å². The van der Waals surface area contributed by atoms with Crippen LogP contribution in [0.5, 0.6) is 0 Å². The zero-order chi connectivity index (χ0) is 17.9. The average Bonchev–Trinajstić information content (AvgIpc) is 2.43. The molecule has 0 aromatic heterocycles.